The number of amides is 3. The van der Waals surface area contributed by atoms with Crippen LogP contribution in [0.1, 0.15) is 51.3 Å². The van der Waals surface area contributed by atoms with Crippen LogP contribution in [0.3, 0.4) is 0 Å². The van der Waals surface area contributed by atoms with Gasteiger partial charge in [0.1, 0.15) is 23.4 Å². The van der Waals surface area contributed by atoms with Crippen LogP contribution in [-0.4, -0.2) is 51.9 Å². The number of nitrogens with zero attached hydrogens (tertiary/aromatic N) is 1. The number of aromatic hydroxyl groups is 1. The lowest BCUT2D eigenvalue weighted by Crippen LogP contribution is -2.53. The van der Waals surface area contributed by atoms with E-state index in [0.29, 0.717) is 23.2 Å². The number of phenolic OH excluding ortho intramolecular Hbond substituents is 1. The third-order valence-corrected chi connectivity index (χ3v) is 6.40. The zero-order chi connectivity index (χ0) is 28.7. The van der Waals surface area contributed by atoms with Crippen LogP contribution in [0.2, 0.25) is 0 Å². The minimum Gasteiger partial charge on any atom is -0.508 e. The summed E-state index contributed by atoms with van der Waals surface area (Å²) in [5.74, 6) is -0.804. The van der Waals surface area contributed by atoms with Gasteiger partial charge in [0.05, 0.1) is 0 Å². The molecule has 2 atom stereocenters. The molecule has 3 aromatic rings. The monoisotopic (exact) mass is 551 g/mol. The molecule has 0 fully saturated rings. The molecular formula is C30H37N3O5S. The molecule has 39 heavy (non-hydrogen) atoms. The molecular weight excluding hydrogens is 514 g/mol. The molecule has 3 rings (SSSR count). The molecule has 0 spiro atoms. The van der Waals surface area contributed by atoms with E-state index in [1.54, 1.807) is 39.8 Å². The number of aryl methyl sites for hydroxylation is 1. The number of rotatable bonds is 9. The quantitative estimate of drug-likeness (QED) is 0.259. The number of hydrogen-bond donors (Lipinski definition) is 4. The zero-order valence-electron chi connectivity index (χ0n) is 23.0. The molecule has 3 N–H and O–H groups in total. The SMILES string of the molecule is CCCN(C(=O)C(CS)NC(=O)OC(C)(C)C)C(C(=O)Nc1ccc2ccccc2c1)c1ccc(O)c(C)c1. The van der Waals surface area contributed by atoms with Crippen LogP contribution in [-0.2, 0) is 14.3 Å². The second kappa shape index (κ2) is 12.9. The van der Waals surface area contributed by atoms with Crippen molar-refractivity contribution in [2.24, 2.45) is 0 Å². The standard InChI is InChI=1S/C30H37N3O5S/c1-6-15-33(28(36)24(18-39)32-29(37)38-30(3,4)5)26(22-12-14-25(34)19(2)16-22)27(35)31-23-13-11-20-9-7-8-10-21(20)17-23/h7-14,16-17,24,26,34,39H,6,15,18H2,1-5H3,(H,31,35)(H,32,37). The first-order valence-electron chi connectivity index (χ1n) is 12.9. The number of ether oxygens (including phenoxy) is 1. The summed E-state index contributed by atoms with van der Waals surface area (Å²) in [6.45, 7) is 9.06. The first-order valence-corrected chi connectivity index (χ1v) is 13.6. The van der Waals surface area contributed by atoms with Crippen molar-refractivity contribution in [2.75, 3.05) is 17.6 Å². The number of carbonyl (C=O) groups excluding carboxylic acids is 3. The van der Waals surface area contributed by atoms with E-state index in [9.17, 15) is 19.5 Å². The van der Waals surface area contributed by atoms with E-state index in [4.69, 9.17) is 4.74 Å². The maximum absolute atomic E-state index is 13.9. The summed E-state index contributed by atoms with van der Waals surface area (Å²) in [4.78, 5) is 41.6. The number of nitrogens with one attached hydrogen (secondary N) is 2. The van der Waals surface area contributed by atoms with Crippen molar-refractivity contribution in [2.45, 2.75) is 58.7 Å². The van der Waals surface area contributed by atoms with E-state index >= 15 is 0 Å². The van der Waals surface area contributed by atoms with Crippen molar-refractivity contribution < 1.29 is 24.2 Å². The van der Waals surface area contributed by atoms with E-state index in [2.05, 4.69) is 23.3 Å². The lowest BCUT2D eigenvalue weighted by atomic mass is 10.00. The van der Waals surface area contributed by atoms with E-state index in [1.165, 1.54) is 11.0 Å². The average Bonchev–Trinajstić information content (AvgIpc) is 2.87. The van der Waals surface area contributed by atoms with Crippen LogP contribution in [0.25, 0.3) is 10.8 Å². The second-order valence-electron chi connectivity index (χ2n) is 10.4. The molecule has 0 aromatic heterocycles. The molecule has 0 heterocycles. The van der Waals surface area contributed by atoms with Gasteiger partial charge in [-0.1, -0.05) is 43.3 Å². The van der Waals surface area contributed by atoms with Gasteiger partial charge in [-0.15, -0.1) is 0 Å². The molecule has 0 saturated heterocycles. The van der Waals surface area contributed by atoms with Crippen LogP contribution in [0.15, 0.2) is 60.7 Å². The van der Waals surface area contributed by atoms with E-state index in [1.807, 2.05) is 49.4 Å². The maximum Gasteiger partial charge on any atom is 0.408 e. The van der Waals surface area contributed by atoms with Gasteiger partial charge in [0.15, 0.2) is 0 Å². The molecule has 3 aromatic carbocycles. The van der Waals surface area contributed by atoms with E-state index in [-0.39, 0.29) is 18.0 Å². The summed E-state index contributed by atoms with van der Waals surface area (Å²) in [5.41, 5.74) is 0.933. The van der Waals surface area contributed by atoms with Crippen molar-refractivity contribution in [1.29, 1.82) is 0 Å². The van der Waals surface area contributed by atoms with Crippen LogP contribution in [0.4, 0.5) is 10.5 Å². The zero-order valence-corrected chi connectivity index (χ0v) is 23.9. The Morgan fingerprint density at radius 3 is 2.33 bits per heavy atom. The number of phenols is 1. The van der Waals surface area contributed by atoms with Crippen molar-refractivity contribution in [3.63, 3.8) is 0 Å². The van der Waals surface area contributed by atoms with Crippen LogP contribution >= 0.6 is 12.6 Å². The van der Waals surface area contributed by atoms with Gasteiger partial charge in [-0.25, -0.2) is 4.79 Å². The summed E-state index contributed by atoms with van der Waals surface area (Å²) in [6.07, 6.45) is -0.183. The maximum atomic E-state index is 13.9. The van der Waals surface area contributed by atoms with Crippen LogP contribution < -0.4 is 10.6 Å². The summed E-state index contributed by atoms with van der Waals surface area (Å²) < 4.78 is 5.33. The number of anilines is 1. The molecule has 0 radical (unpaired) electrons. The van der Waals surface area contributed by atoms with Gasteiger partial charge < -0.3 is 25.4 Å². The van der Waals surface area contributed by atoms with Crippen molar-refractivity contribution >= 4 is 47.0 Å². The number of benzene rings is 3. The van der Waals surface area contributed by atoms with Gasteiger partial charge in [0.25, 0.3) is 5.91 Å². The average molecular weight is 552 g/mol. The van der Waals surface area contributed by atoms with Gasteiger partial charge in [0, 0.05) is 18.0 Å². The minimum absolute atomic E-state index is 0.00586. The Hall–Kier alpha value is -3.72. The van der Waals surface area contributed by atoms with Crippen LogP contribution in [0, 0.1) is 6.92 Å². The Morgan fingerprint density at radius 1 is 1.03 bits per heavy atom. The fourth-order valence-electron chi connectivity index (χ4n) is 4.24. The number of fused-ring (bicyclic) bond motifs is 1. The number of thiol groups is 1. The van der Waals surface area contributed by atoms with Gasteiger partial charge >= 0.3 is 6.09 Å². The topological polar surface area (TPSA) is 108 Å². The summed E-state index contributed by atoms with van der Waals surface area (Å²) in [7, 11) is 0. The molecule has 8 nitrogen and oxygen atoms in total. The molecule has 208 valence electrons. The highest BCUT2D eigenvalue weighted by Gasteiger charge is 2.35. The predicted octanol–water partition coefficient (Wildman–Crippen LogP) is 5.60. The van der Waals surface area contributed by atoms with Crippen molar-refractivity contribution in [3.8, 4) is 5.75 Å². The first kappa shape index (κ1) is 29.8. The normalized spacial score (nSPS) is 12.9. The predicted molar refractivity (Wildman–Crippen MR) is 157 cm³/mol. The Kier molecular flexibility index (Phi) is 9.86. The summed E-state index contributed by atoms with van der Waals surface area (Å²) >= 11 is 4.30. The van der Waals surface area contributed by atoms with Gasteiger partial charge in [-0.05, 0) is 80.3 Å². The lowest BCUT2D eigenvalue weighted by molar-refractivity contribution is -0.140. The molecule has 2 unspecified atom stereocenters. The molecule has 0 aliphatic carbocycles. The minimum atomic E-state index is -1.04. The van der Waals surface area contributed by atoms with Gasteiger partial charge in [0.2, 0.25) is 5.91 Å². The highest BCUT2D eigenvalue weighted by atomic mass is 32.1. The van der Waals surface area contributed by atoms with Crippen molar-refractivity contribution in [1.82, 2.24) is 10.2 Å². The Bertz CT molecular complexity index is 1340. The smallest absolute Gasteiger partial charge is 0.408 e. The molecule has 0 bridgehead atoms. The fourth-order valence-corrected chi connectivity index (χ4v) is 4.49. The Balaban J connectivity index is 1.99. The molecule has 9 heteroatoms. The Labute approximate surface area is 235 Å². The molecule has 0 aliphatic heterocycles. The second-order valence-corrected chi connectivity index (χ2v) is 10.8. The highest BCUT2D eigenvalue weighted by molar-refractivity contribution is 7.80. The summed E-state index contributed by atoms with van der Waals surface area (Å²) in [5, 5.41) is 17.7. The third kappa shape index (κ3) is 7.89. The first-order chi connectivity index (χ1) is 18.4. The largest absolute Gasteiger partial charge is 0.508 e. The molecule has 3 amide bonds. The van der Waals surface area contributed by atoms with Gasteiger partial charge in [-0.3, -0.25) is 9.59 Å². The third-order valence-electron chi connectivity index (χ3n) is 6.03. The number of alkyl carbamates (subject to hydrolysis) is 1. The van der Waals surface area contributed by atoms with Gasteiger partial charge in [-0.2, -0.15) is 12.6 Å². The Morgan fingerprint density at radius 2 is 1.72 bits per heavy atom. The number of hydrogen-bond acceptors (Lipinski definition) is 6. The van der Waals surface area contributed by atoms with E-state index < -0.39 is 35.6 Å². The molecule has 0 saturated carbocycles. The fraction of sp³-hybridized carbons (Fsp3) is 0.367. The number of carbonyl (C=O) groups is 3. The van der Waals surface area contributed by atoms with Crippen molar-refractivity contribution in [3.05, 3.63) is 71.8 Å². The molecule has 0 aliphatic rings. The lowest BCUT2D eigenvalue weighted by Gasteiger charge is -2.34. The highest BCUT2D eigenvalue weighted by Crippen LogP contribution is 2.29. The summed E-state index contributed by atoms with van der Waals surface area (Å²) in [6, 6.07) is 16.2. The van der Waals surface area contributed by atoms with E-state index in [0.717, 1.165) is 10.8 Å². The van der Waals surface area contributed by atoms with Crippen LogP contribution in [0.5, 0.6) is 5.75 Å².